The van der Waals surface area contributed by atoms with Gasteiger partial charge in [-0.05, 0) is 58.8 Å². The van der Waals surface area contributed by atoms with Gasteiger partial charge in [-0.25, -0.2) is 0 Å². The van der Waals surface area contributed by atoms with Gasteiger partial charge < -0.3 is 20.2 Å². The number of nitrogens with one attached hydrogen (secondary N) is 1. The van der Waals surface area contributed by atoms with Crippen LogP contribution in [-0.4, -0.2) is 72.7 Å². The molecule has 0 saturated carbocycles. The number of rotatable bonds is 6. The molecule has 1 amide bonds. The van der Waals surface area contributed by atoms with Gasteiger partial charge in [-0.2, -0.15) is 0 Å². The van der Waals surface area contributed by atoms with Gasteiger partial charge in [0, 0.05) is 25.0 Å². The van der Waals surface area contributed by atoms with E-state index in [4.69, 9.17) is 0 Å². The largest absolute Gasteiger partial charge is 0.395 e. The Hall–Kier alpha value is -0.650. The lowest BCUT2D eigenvalue weighted by atomic mass is 9.99. The SMILES string of the molecule is CN1CCC(N(CCO)C(=O)CCC2CCCCN2)CC1. The minimum atomic E-state index is 0.0692. The number of carbonyl (C=O) groups excluding carboxylic acids is 1. The Morgan fingerprint density at radius 2 is 2.05 bits per heavy atom. The monoisotopic (exact) mass is 297 g/mol. The molecule has 0 bridgehead atoms. The summed E-state index contributed by atoms with van der Waals surface area (Å²) in [5.74, 6) is 0.228. The summed E-state index contributed by atoms with van der Waals surface area (Å²) in [6.45, 7) is 3.74. The lowest BCUT2D eigenvalue weighted by molar-refractivity contribution is -0.135. The Morgan fingerprint density at radius 3 is 2.67 bits per heavy atom. The average molecular weight is 297 g/mol. The molecule has 2 aliphatic rings. The summed E-state index contributed by atoms with van der Waals surface area (Å²) in [6, 6.07) is 0.830. The lowest BCUT2D eigenvalue weighted by Crippen LogP contribution is -2.48. The van der Waals surface area contributed by atoms with Gasteiger partial charge in [0.05, 0.1) is 6.61 Å². The highest BCUT2D eigenvalue weighted by atomic mass is 16.3. The van der Waals surface area contributed by atoms with Crippen molar-refractivity contribution in [1.82, 2.24) is 15.1 Å². The Balaban J connectivity index is 1.80. The summed E-state index contributed by atoms with van der Waals surface area (Å²) in [5, 5.41) is 12.8. The van der Waals surface area contributed by atoms with Crippen molar-refractivity contribution in [2.45, 2.75) is 57.0 Å². The highest BCUT2D eigenvalue weighted by Crippen LogP contribution is 2.18. The Bertz CT molecular complexity index is 311. The molecule has 1 unspecified atom stereocenters. The molecule has 1 atom stereocenters. The van der Waals surface area contributed by atoms with E-state index in [-0.39, 0.29) is 12.5 Å². The smallest absolute Gasteiger partial charge is 0.222 e. The Morgan fingerprint density at radius 1 is 1.29 bits per heavy atom. The van der Waals surface area contributed by atoms with E-state index in [1.807, 2.05) is 4.90 Å². The van der Waals surface area contributed by atoms with Gasteiger partial charge in [0.1, 0.15) is 0 Å². The topological polar surface area (TPSA) is 55.8 Å². The van der Waals surface area contributed by atoms with Crippen LogP contribution in [0.15, 0.2) is 0 Å². The molecule has 2 N–H and O–H groups in total. The number of hydrogen-bond acceptors (Lipinski definition) is 4. The number of piperidine rings is 2. The lowest BCUT2D eigenvalue weighted by Gasteiger charge is -2.37. The zero-order valence-corrected chi connectivity index (χ0v) is 13.4. The van der Waals surface area contributed by atoms with Crippen LogP contribution in [0.2, 0.25) is 0 Å². The van der Waals surface area contributed by atoms with Gasteiger partial charge in [-0.1, -0.05) is 6.42 Å². The predicted molar refractivity (Wildman–Crippen MR) is 84.2 cm³/mol. The van der Waals surface area contributed by atoms with E-state index in [9.17, 15) is 9.90 Å². The number of aliphatic hydroxyl groups excluding tert-OH is 1. The maximum Gasteiger partial charge on any atom is 0.222 e. The molecule has 0 aliphatic carbocycles. The van der Waals surface area contributed by atoms with E-state index in [0.29, 0.717) is 25.0 Å². The molecule has 2 heterocycles. The van der Waals surface area contributed by atoms with Gasteiger partial charge >= 0.3 is 0 Å². The van der Waals surface area contributed by atoms with Gasteiger partial charge in [0.2, 0.25) is 5.91 Å². The van der Waals surface area contributed by atoms with E-state index in [0.717, 1.165) is 38.9 Å². The predicted octanol–water partition coefficient (Wildman–Crippen LogP) is 0.824. The molecule has 21 heavy (non-hydrogen) atoms. The molecule has 5 nitrogen and oxygen atoms in total. The molecule has 0 aromatic carbocycles. The van der Waals surface area contributed by atoms with E-state index < -0.39 is 0 Å². The standard InChI is InChI=1S/C16H31N3O2/c1-18-10-7-15(8-11-18)19(12-13-20)16(21)6-5-14-4-2-3-9-17-14/h14-15,17,20H,2-13H2,1H3. The molecule has 2 rings (SSSR count). The van der Waals surface area contributed by atoms with Gasteiger partial charge in [-0.15, -0.1) is 0 Å². The number of nitrogens with zero attached hydrogens (tertiary/aromatic N) is 2. The Kier molecular flexibility index (Phi) is 6.93. The van der Waals surface area contributed by atoms with Gasteiger partial charge in [0.15, 0.2) is 0 Å². The average Bonchev–Trinajstić information content (AvgIpc) is 2.52. The van der Waals surface area contributed by atoms with Crippen LogP contribution >= 0.6 is 0 Å². The molecule has 0 aromatic rings. The van der Waals surface area contributed by atoms with Crippen LogP contribution < -0.4 is 5.32 Å². The zero-order chi connectivity index (χ0) is 15.1. The van der Waals surface area contributed by atoms with Crippen molar-refractivity contribution in [3.63, 3.8) is 0 Å². The van der Waals surface area contributed by atoms with E-state index >= 15 is 0 Å². The van der Waals surface area contributed by atoms with Crippen LogP contribution in [0.25, 0.3) is 0 Å². The first-order valence-corrected chi connectivity index (χ1v) is 8.53. The van der Waals surface area contributed by atoms with Crippen molar-refractivity contribution in [3.05, 3.63) is 0 Å². The van der Waals surface area contributed by atoms with Crippen molar-refractivity contribution in [3.8, 4) is 0 Å². The number of amides is 1. The fourth-order valence-corrected chi connectivity index (χ4v) is 3.54. The second-order valence-corrected chi connectivity index (χ2v) is 6.53. The third-order valence-corrected chi connectivity index (χ3v) is 4.91. The molecular weight excluding hydrogens is 266 g/mol. The minimum absolute atomic E-state index is 0.0692. The van der Waals surface area contributed by atoms with E-state index in [1.165, 1.54) is 19.3 Å². The maximum atomic E-state index is 12.5. The quantitative estimate of drug-likeness (QED) is 0.762. The molecular formula is C16H31N3O2. The van der Waals surface area contributed by atoms with E-state index in [2.05, 4.69) is 17.3 Å². The maximum absolute atomic E-state index is 12.5. The Labute approximate surface area is 128 Å². The summed E-state index contributed by atoms with van der Waals surface area (Å²) < 4.78 is 0. The summed E-state index contributed by atoms with van der Waals surface area (Å²) in [4.78, 5) is 16.8. The molecule has 5 heteroatoms. The van der Waals surface area contributed by atoms with Crippen molar-refractivity contribution >= 4 is 5.91 Å². The fourth-order valence-electron chi connectivity index (χ4n) is 3.54. The summed E-state index contributed by atoms with van der Waals surface area (Å²) in [5.41, 5.74) is 0. The summed E-state index contributed by atoms with van der Waals surface area (Å²) in [6.07, 6.45) is 7.35. The number of aliphatic hydroxyl groups is 1. The zero-order valence-electron chi connectivity index (χ0n) is 13.4. The van der Waals surface area contributed by atoms with Crippen LogP contribution in [0.1, 0.15) is 44.9 Å². The summed E-state index contributed by atoms with van der Waals surface area (Å²) >= 11 is 0. The van der Waals surface area contributed by atoms with Crippen molar-refractivity contribution in [2.24, 2.45) is 0 Å². The third-order valence-electron chi connectivity index (χ3n) is 4.91. The normalized spacial score (nSPS) is 25.0. The molecule has 2 saturated heterocycles. The first kappa shape index (κ1) is 16.7. The first-order valence-electron chi connectivity index (χ1n) is 8.53. The van der Waals surface area contributed by atoms with Crippen molar-refractivity contribution in [2.75, 3.05) is 39.8 Å². The van der Waals surface area contributed by atoms with Gasteiger partial charge in [0.25, 0.3) is 0 Å². The van der Waals surface area contributed by atoms with Crippen LogP contribution in [0.4, 0.5) is 0 Å². The highest BCUT2D eigenvalue weighted by molar-refractivity contribution is 5.76. The van der Waals surface area contributed by atoms with E-state index in [1.54, 1.807) is 0 Å². The minimum Gasteiger partial charge on any atom is -0.395 e. The highest BCUT2D eigenvalue weighted by Gasteiger charge is 2.26. The first-order chi connectivity index (χ1) is 10.2. The van der Waals surface area contributed by atoms with Crippen molar-refractivity contribution < 1.29 is 9.90 Å². The van der Waals surface area contributed by atoms with Crippen LogP contribution in [0.5, 0.6) is 0 Å². The molecule has 0 spiro atoms. The fraction of sp³-hybridized carbons (Fsp3) is 0.938. The molecule has 2 aliphatic heterocycles. The van der Waals surface area contributed by atoms with Crippen molar-refractivity contribution in [1.29, 1.82) is 0 Å². The molecule has 2 fully saturated rings. The van der Waals surface area contributed by atoms with Crippen LogP contribution in [0.3, 0.4) is 0 Å². The summed E-state index contributed by atoms with van der Waals surface area (Å²) in [7, 11) is 2.13. The second kappa shape index (κ2) is 8.71. The van der Waals surface area contributed by atoms with Crippen LogP contribution in [0, 0.1) is 0 Å². The number of hydrogen-bond donors (Lipinski definition) is 2. The van der Waals surface area contributed by atoms with Gasteiger partial charge in [-0.3, -0.25) is 4.79 Å². The molecule has 0 radical (unpaired) electrons. The molecule has 122 valence electrons. The van der Waals surface area contributed by atoms with Crippen LogP contribution in [-0.2, 0) is 4.79 Å². The third kappa shape index (κ3) is 5.24. The second-order valence-electron chi connectivity index (χ2n) is 6.53. The number of carbonyl (C=O) groups is 1. The number of likely N-dealkylation sites (tertiary alicyclic amines) is 1. The molecule has 0 aromatic heterocycles.